The van der Waals surface area contributed by atoms with Crippen LogP contribution in [0.4, 0.5) is 0 Å². The number of halogens is 2. The minimum atomic E-state index is 0.279. The highest BCUT2D eigenvalue weighted by Gasteiger charge is 2.22. The zero-order valence-corrected chi connectivity index (χ0v) is 13.9. The average molecular weight is 438 g/mol. The van der Waals surface area contributed by atoms with Gasteiger partial charge in [-0.3, -0.25) is 0 Å². The summed E-state index contributed by atoms with van der Waals surface area (Å²) in [6, 6.07) is 0. The smallest absolute Gasteiger partial charge is 0.0416 e. The van der Waals surface area contributed by atoms with Crippen LogP contribution in [0.1, 0.15) is 26.7 Å². The van der Waals surface area contributed by atoms with Gasteiger partial charge in [-0.15, -0.1) is 0 Å². The van der Waals surface area contributed by atoms with Crippen molar-refractivity contribution in [3.05, 3.63) is 47.6 Å². The van der Waals surface area contributed by atoms with E-state index in [0.717, 1.165) is 12.8 Å². The fourth-order valence-electron chi connectivity index (χ4n) is 1.95. The molecule has 16 heavy (non-hydrogen) atoms. The van der Waals surface area contributed by atoms with Crippen molar-refractivity contribution in [2.45, 2.75) is 33.5 Å². The molecular weight excluding hydrogens is 422 g/mol. The molecule has 0 aromatic heterocycles. The van der Waals surface area contributed by atoms with Gasteiger partial charge in [-0.05, 0) is 37.8 Å². The summed E-state index contributed by atoms with van der Waals surface area (Å²) in [6.07, 6.45) is 16.1. The van der Waals surface area contributed by atoms with Gasteiger partial charge >= 0.3 is 0 Å². The predicted octanol–water partition coefficient (Wildman–Crippen LogP) is 5.15. The van der Waals surface area contributed by atoms with Crippen molar-refractivity contribution in [2.75, 3.05) is 0 Å². The molecule has 0 aliphatic heterocycles. The topological polar surface area (TPSA) is 0 Å². The van der Waals surface area contributed by atoms with Gasteiger partial charge in [0.05, 0.1) is 0 Å². The lowest BCUT2D eigenvalue weighted by Crippen LogP contribution is -2.16. The van der Waals surface area contributed by atoms with Gasteiger partial charge in [0.25, 0.3) is 0 Å². The molecule has 0 radical (unpaired) electrons. The van der Waals surface area contributed by atoms with Gasteiger partial charge in [-0.2, -0.15) is 0 Å². The third-order valence-electron chi connectivity index (χ3n) is 2.94. The van der Waals surface area contributed by atoms with Crippen LogP contribution < -0.4 is 0 Å². The van der Waals surface area contributed by atoms with E-state index in [4.69, 9.17) is 0 Å². The summed E-state index contributed by atoms with van der Waals surface area (Å²) >= 11 is 5.04. The summed E-state index contributed by atoms with van der Waals surface area (Å²) in [5.74, 6) is 0. The average Bonchev–Trinajstić information content (AvgIpc) is 2.16. The molecule has 0 saturated carbocycles. The first-order valence-corrected chi connectivity index (χ1v) is 7.71. The number of allylic oxidation sites excluding steroid dienone is 8. The van der Waals surface area contributed by atoms with Crippen LogP contribution in [0, 0.1) is 0 Å². The lowest BCUT2D eigenvalue weighted by molar-refractivity contribution is 0.816. The SMILES string of the molecule is C[C@]1(I)C=C(C2=CC[C@](C)(I)C=C2)C=CC1. The van der Waals surface area contributed by atoms with Crippen LogP contribution in [0.2, 0.25) is 0 Å². The summed E-state index contributed by atoms with van der Waals surface area (Å²) in [7, 11) is 0. The van der Waals surface area contributed by atoms with E-state index >= 15 is 0 Å². The Morgan fingerprint density at radius 1 is 1.00 bits per heavy atom. The van der Waals surface area contributed by atoms with Crippen molar-refractivity contribution in [1.29, 1.82) is 0 Å². The Morgan fingerprint density at radius 2 is 1.75 bits per heavy atom. The molecule has 0 amide bonds. The van der Waals surface area contributed by atoms with Crippen molar-refractivity contribution < 1.29 is 0 Å². The molecule has 0 N–H and O–H groups in total. The van der Waals surface area contributed by atoms with E-state index in [-0.39, 0.29) is 3.42 Å². The maximum Gasteiger partial charge on any atom is 0.0416 e. The molecule has 0 bridgehead atoms. The second-order valence-electron chi connectivity index (χ2n) is 4.96. The van der Waals surface area contributed by atoms with E-state index in [1.807, 2.05) is 0 Å². The van der Waals surface area contributed by atoms with E-state index in [1.54, 1.807) is 0 Å². The number of rotatable bonds is 1. The number of hydrogen-bond donors (Lipinski definition) is 0. The summed E-state index contributed by atoms with van der Waals surface area (Å²) in [5.41, 5.74) is 2.76. The molecule has 86 valence electrons. The molecule has 0 fully saturated rings. The molecule has 2 aliphatic carbocycles. The van der Waals surface area contributed by atoms with Crippen LogP contribution in [-0.4, -0.2) is 6.84 Å². The van der Waals surface area contributed by atoms with Gasteiger partial charge in [0.2, 0.25) is 0 Å². The maximum atomic E-state index is 2.53. The molecule has 2 atom stereocenters. The van der Waals surface area contributed by atoms with Crippen molar-refractivity contribution in [1.82, 2.24) is 0 Å². The Bertz CT molecular complexity index is 406. The third kappa shape index (κ3) is 3.22. The minimum Gasteiger partial charge on any atom is -0.0823 e. The number of hydrogen-bond acceptors (Lipinski definition) is 0. The Labute approximate surface area is 125 Å². The van der Waals surface area contributed by atoms with Crippen molar-refractivity contribution in [3.63, 3.8) is 0 Å². The van der Waals surface area contributed by atoms with Crippen LogP contribution in [-0.2, 0) is 0 Å². The molecule has 0 aromatic carbocycles. The summed E-state index contributed by atoms with van der Waals surface area (Å²) in [4.78, 5) is 0. The highest BCUT2D eigenvalue weighted by atomic mass is 127. The lowest BCUT2D eigenvalue weighted by Gasteiger charge is -2.25. The molecule has 2 aliphatic rings. The maximum absolute atomic E-state index is 2.53. The van der Waals surface area contributed by atoms with Crippen molar-refractivity contribution >= 4 is 45.2 Å². The molecule has 0 saturated heterocycles. The Balaban J connectivity index is 2.22. The first kappa shape index (κ1) is 12.9. The van der Waals surface area contributed by atoms with Gasteiger partial charge in [-0.25, -0.2) is 0 Å². The van der Waals surface area contributed by atoms with E-state index in [1.165, 1.54) is 11.1 Å². The first-order valence-electron chi connectivity index (χ1n) is 5.55. The van der Waals surface area contributed by atoms with E-state index in [0.29, 0.717) is 3.42 Å². The van der Waals surface area contributed by atoms with Gasteiger partial charge < -0.3 is 0 Å². The minimum absolute atomic E-state index is 0.279. The highest BCUT2D eigenvalue weighted by molar-refractivity contribution is 14.1. The molecule has 0 nitrogen and oxygen atoms in total. The zero-order chi connectivity index (χ0) is 11.8. The van der Waals surface area contributed by atoms with Gasteiger partial charge in [0.1, 0.15) is 0 Å². The standard InChI is InChI=1S/C14H16I2/c1-13(15)8-5-11(6-9-13)12-4-3-7-14(2,16)10-12/h3-6,8,10H,7,9H2,1-2H3/t13-,14-/m1/s1. The fraction of sp³-hybridized carbons (Fsp3) is 0.429. The molecule has 2 heteroatoms. The summed E-state index contributed by atoms with van der Waals surface area (Å²) in [5, 5.41) is 0. The molecule has 0 unspecified atom stereocenters. The highest BCUT2D eigenvalue weighted by Crippen LogP contribution is 2.36. The monoisotopic (exact) mass is 438 g/mol. The van der Waals surface area contributed by atoms with Gasteiger partial charge in [0, 0.05) is 6.84 Å². The largest absolute Gasteiger partial charge is 0.0823 e. The van der Waals surface area contributed by atoms with Crippen LogP contribution in [0.3, 0.4) is 0 Å². The Kier molecular flexibility index (Phi) is 3.69. The zero-order valence-electron chi connectivity index (χ0n) is 9.63. The Morgan fingerprint density at radius 3 is 2.31 bits per heavy atom. The van der Waals surface area contributed by atoms with E-state index in [2.05, 4.69) is 95.5 Å². The summed E-state index contributed by atoms with van der Waals surface area (Å²) < 4.78 is 0.579. The van der Waals surface area contributed by atoms with E-state index in [9.17, 15) is 0 Å². The molecular formula is C14H16I2. The Hall–Kier alpha value is 0.420. The second-order valence-corrected chi connectivity index (χ2v) is 9.89. The molecule has 2 rings (SSSR count). The predicted molar refractivity (Wildman–Crippen MR) is 88.5 cm³/mol. The van der Waals surface area contributed by atoms with E-state index < -0.39 is 0 Å². The quantitative estimate of drug-likeness (QED) is 0.393. The lowest BCUT2D eigenvalue weighted by atomic mass is 9.89. The fourth-order valence-corrected chi connectivity index (χ4v) is 2.94. The van der Waals surface area contributed by atoms with Gasteiger partial charge in [0.15, 0.2) is 0 Å². The van der Waals surface area contributed by atoms with Crippen molar-refractivity contribution in [3.8, 4) is 0 Å². The third-order valence-corrected chi connectivity index (χ3v) is 4.49. The van der Waals surface area contributed by atoms with Crippen LogP contribution in [0.25, 0.3) is 0 Å². The van der Waals surface area contributed by atoms with Crippen LogP contribution in [0.15, 0.2) is 47.6 Å². The number of alkyl halides is 2. The molecule has 0 spiro atoms. The molecule has 0 heterocycles. The summed E-state index contributed by atoms with van der Waals surface area (Å²) in [6.45, 7) is 4.55. The second kappa shape index (κ2) is 4.59. The normalized spacial score (nSPS) is 38.2. The molecule has 0 aromatic rings. The van der Waals surface area contributed by atoms with Crippen LogP contribution >= 0.6 is 45.2 Å². The van der Waals surface area contributed by atoms with Crippen molar-refractivity contribution in [2.24, 2.45) is 0 Å². The van der Waals surface area contributed by atoms with Gasteiger partial charge in [-0.1, -0.05) is 81.6 Å². The first-order chi connectivity index (χ1) is 7.38. The van der Waals surface area contributed by atoms with Crippen LogP contribution in [0.5, 0.6) is 0 Å².